The van der Waals surface area contributed by atoms with Crippen LogP contribution in [-0.4, -0.2) is 64.0 Å². The van der Waals surface area contributed by atoms with Crippen LogP contribution < -0.4 is 20.1 Å². The predicted octanol–water partition coefficient (Wildman–Crippen LogP) is 1.32. The Morgan fingerprint density at radius 2 is 1.61 bits per heavy atom. The topological polar surface area (TPSA) is 131 Å². The van der Waals surface area contributed by atoms with Crippen molar-refractivity contribution in [3.8, 4) is 11.5 Å². The lowest BCUT2D eigenvalue weighted by atomic mass is 10.2. The predicted molar refractivity (Wildman–Crippen MR) is 119 cm³/mol. The van der Waals surface area contributed by atoms with E-state index >= 15 is 0 Å². The van der Waals surface area contributed by atoms with Gasteiger partial charge in [-0.1, -0.05) is 11.6 Å². The zero-order chi connectivity index (χ0) is 24.4. The zero-order valence-electron chi connectivity index (χ0n) is 17.7. The number of nitrogens with one attached hydrogen (secondary N) is 2. The number of halogens is 2. The van der Waals surface area contributed by atoms with Crippen molar-refractivity contribution in [2.75, 3.05) is 32.6 Å². The maximum atomic E-state index is 13.3. The standard InChI is InChI=1S/C21H24ClFN2O7S/c1-33(29,30)17-5-2-15(3-6-17)31-12-20(27)24-9-8-14(26)11-25-21(28)13-32-16-4-7-18(22)19(23)10-16/h2-7,10,14,26H,8-9,11-13H2,1H3,(H,24,27)(H,25,28)/t14-/m0/s1. The van der Waals surface area contributed by atoms with Crippen molar-refractivity contribution in [1.29, 1.82) is 0 Å². The molecule has 0 aliphatic rings. The zero-order valence-corrected chi connectivity index (χ0v) is 19.3. The molecule has 0 fully saturated rings. The van der Waals surface area contributed by atoms with Crippen molar-refractivity contribution in [3.05, 3.63) is 53.3 Å². The molecule has 0 aliphatic carbocycles. The smallest absolute Gasteiger partial charge is 0.258 e. The molecule has 9 nitrogen and oxygen atoms in total. The average molecular weight is 503 g/mol. The normalized spacial score (nSPS) is 12.0. The third kappa shape index (κ3) is 9.64. The first-order valence-electron chi connectivity index (χ1n) is 9.77. The largest absolute Gasteiger partial charge is 0.484 e. The fraction of sp³-hybridized carbons (Fsp3) is 0.333. The number of benzene rings is 2. The van der Waals surface area contributed by atoms with E-state index in [0.717, 1.165) is 12.3 Å². The molecule has 180 valence electrons. The van der Waals surface area contributed by atoms with Crippen LogP contribution in [0.2, 0.25) is 5.02 Å². The maximum absolute atomic E-state index is 13.3. The van der Waals surface area contributed by atoms with Gasteiger partial charge in [-0.2, -0.15) is 0 Å². The van der Waals surface area contributed by atoms with Crippen molar-refractivity contribution in [2.45, 2.75) is 17.4 Å². The van der Waals surface area contributed by atoms with Crippen LogP contribution in [0.3, 0.4) is 0 Å². The lowest BCUT2D eigenvalue weighted by Crippen LogP contribution is -2.37. The van der Waals surface area contributed by atoms with Crippen LogP contribution >= 0.6 is 11.6 Å². The molecule has 0 unspecified atom stereocenters. The van der Waals surface area contributed by atoms with E-state index in [-0.39, 0.29) is 48.4 Å². The number of hydrogen-bond acceptors (Lipinski definition) is 7. The Bertz CT molecular complexity index is 1060. The van der Waals surface area contributed by atoms with Crippen molar-refractivity contribution in [1.82, 2.24) is 10.6 Å². The minimum atomic E-state index is -3.31. The highest BCUT2D eigenvalue weighted by atomic mass is 35.5. The summed E-state index contributed by atoms with van der Waals surface area (Å²) < 4.78 is 46.6. The lowest BCUT2D eigenvalue weighted by Gasteiger charge is -2.13. The van der Waals surface area contributed by atoms with Gasteiger partial charge in [0.05, 0.1) is 16.0 Å². The van der Waals surface area contributed by atoms with E-state index in [1.54, 1.807) is 0 Å². The highest BCUT2D eigenvalue weighted by Gasteiger charge is 2.11. The van der Waals surface area contributed by atoms with Crippen LogP contribution in [0.5, 0.6) is 11.5 Å². The third-order valence-electron chi connectivity index (χ3n) is 4.22. The number of carbonyl (C=O) groups is 2. The van der Waals surface area contributed by atoms with Gasteiger partial charge in [0.15, 0.2) is 23.1 Å². The molecule has 12 heteroatoms. The second-order valence-electron chi connectivity index (χ2n) is 6.99. The summed E-state index contributed by atoms with van der Waals surface area (Å²) >= 11 is 5.56. The Morgan fingerprint density at radius 3 is 2.21 bits per heavy atom. The number of sulfone groups is 1. The van der Waals surface area contributed by atoms with Gasteiger partial charge in [0, 0.05) is 25.4 Å². The summed E-state index contributed by atoms with van der Waals surface area (Å²) in [4.78, 5) is 23.7. The monoisotopic (exact) mass is 502 g/mol. The van der Waals surface area contributed by atoms with Crippen LogP contribution in [0.15, 0.2) is 47.4 Å². The summed E-state index contributed by atoms with van der Waals surface area (Å²) in [6.07, 6.45) is 0.359. The molecule has 0 aromatic heterocycles. The van der Waals surface area contributed by atoms with Crippen molar-refractivity contribution < 1.29 is 37.0 Å². The number of amides is 2. The molecule has 0 bridgehead atoms. The van der Waals surface area contributed by atoms with Gasteiger partial charge in [-0.15, -0.1) is 0 Å². The Kier molecular flexibility index (Phi) is 9.89. The molecule has 0 saturated heterocycles. The highest BCUT2D eigenvalue weighted by Crippen LogP contribution is 2.20. The third-order valence-corrected chi connectivity index (χ3v) is 5.65. The Balaban J connectivity index is 1.59. The van der Waals surface area contributed by atoms with Crippen LogP contribution in [0.4, 0.5) is 4.39 Å². The van der Waals surface area contributed by atoms with Gasteiger partial charge in [0.25, 0.3) is 11.8 Å². The first-order valence-corrected chi connectivity index (χ1v) is 12.0. The molecule has 0 spiro atoms. The van der Waals surface area contributed by atoms with E-state index in [2.05, 4.69) is 10.6 Å². The summed E-state index contributed by atoms with van der Waals surface area (Å²) in [5.41, 5.74) is 0. The SMILES string of the molecule is CS(=O)(=O)c1ccc(OCC(=O)NCC[C@H](O)CNC(=O)COc2ccc(Cl)c(F)c2)cc1. The number of aliphatic hydroxyl groups excluding tert-OH is 1. The summed E-state index contributed by atoms with van der Waals surface area (Å²) in [5.74, 6) is -1.12. The quantitative estimate of drug-likeness (QED) is 0.399. The van der Waals surface area contributed by atoms with Gasteiger partial charge < -0.3 is 25.2 Å². The molecule has 1 atom stereocenters. The van der Waals surface area contributed by atoms with E-state index in [9.17, 15) is 27.5 Å². The van der Waals surface area contributed by atoms with Gasteiger partial charge >= 0.3 is 0 Å². The minimum Gasteiger partial charge on any atom is -0.484 e. The van der Waals surface area contributed by atoms with Gasteiger partial charge in [-0.3, -0.25) is 9.59 Å². The Labute approximate surface area is 195 Å². The lowest BCUT2D eigenvalue weighted by molar-refractivity contribution is -0.124. The maximum Gasteiger partial charge on any atom is 0.258 e. The summed E-state index contributed by atoms with van der Waals surface area (Å²) in [6.45, 7) is -0.566. The number of aliphatic hydroxyl groups is 1. The molecular weight excluding hydrogens is 479 g/mol. The molecule has 0 radical (unpaired) electrons. The van der Waals surface area contributed by atoms with Crippen molar-refractivity contribution in [2.24, 2.45) is 0 Å². The second-order valence-corrected chi connectivity index (χ2v) is 9.42. The van der Waals surface area contributed by atoms with Crippen LogP contribution in [0, 0.1) is 5.82 Å². The van der Waals surface area contributed by atoms with Gasteiger partial charge in [-0.05, 0) is 42.8 Å². The molecule has 2 amide bonds. The number of ether oxygens (including phenoxy) is 2. The number of carbonyl (C=O) groups excluding carboxylic acids is 2. The van der Waals surface area contributed by atoms with E-state index in [4.69, 9.17) is 21.1 Å². The first-order chi connectivity index (χ1) is 15.5. The minimum absolute atomic E-state index is 0.0585. The van der Waals surface area contributed by atoms with Crippen molar-refractivity contribution >= 4 is 33.3 Å². The molecule has 2 aromatic rings. The Morgan fingerprint density at radius 1 is 1.03 bits per heavy atom. The Hall–Kier alpha value is -2.89. The molecule has 0 heterocycles. The second kappa shape index (κ2) is 12.4. The molecule has 33 heavy (non-hydrogen) atoms. The van der Waals surface area contributed by atoms with Crippen LogP contribution in [0.1, 0.15) is 6.42 Å². The summed E-state index contributed by atoms with van der Waals surface area (Å²) in [6, 6.07) is 9.44. The molecular formula is C21H24ClFN2O7S. The number of hydrogen-bond donors (Lipinski definition) is 3. The van der Waals surface area contributed by atoms with Crippen LogP contribution in [0.25, 0.3) is 0 Å². The van der Waals surface area contributed by atoms with Crippen LogP contribution in [-0.2, 0) is 19.4 Å². The molecule has 2 rings (SSSR count). The fourth-order valence-electron chi connectivity index (χ4n) is 2.46. The summed E-state index contributed by atoms with van der Waals surface area (Å²) in [5, 5.41) is 14.9. The summed E-state index contributed by atoms with van der Waals surface area (Å²) in [7, 11) is -3.31. The molecule has 2 aromatic carbocycles. The molecule has 0 aliphatic heterocycles. The average Bonchev–Trinajstić information content (AvgIpc) is 2.76. The number of rotatable bonds is 12. The molecule has 0 saturated carbocycles. The van der Waals surface area contributed by atoms with E-state index < -0.39 is 33.6 Å². The fourth-order valence-corrected chi connectivity index (χ4v) is 3.21. The van der Waals surface area contributed by atoms with E-state index in [0.29, 0.717) is 5.75 Å². The van der Waals surface area contributed by atoms with Gasteiger partial charge in [0.2, 0.25) is 0 Å². The molecule has 3 N–H and O–H groups in total. The van der Waals surface area contributed by atoms with Gasteiger partial charge in [0.1, 0.15) is 17.3 Å². The van der Waals surface area contributed by atoms with E-state index in [1.165, 1.54) is 36.4 Å². The highest BCUT2D eigenvalue weighted by molar-refractivity contribution is 7.90. The van der Waals surface area contributed by atoms with Crippen molar-refractivity contribution in [3.63, 3.8) is 0 Å². The van der Waals surface area contributed by atoms with E-state index in [1.807, 2.05) is 0 Å². The van der Waals surface area contributed by atoms with Gasteiger partial charge in [-0.25, -0.2) is 12.8 Å². The first kappa shape index (κ1) is 26.4.